The monoisotopic (exact) mass is 282 g/mol. The number of aromatic nitrogens is 2. The van der Waals surface area contributed by atoms with Gasteiger partial charge in [-0.25, -0.2) is 13.2 Å². The Labute approximate surface area is 111 Å². The molecule has 5 nitrogen and oxygen atoms in total. The Hall–Kier alpha value is -2.64. The molecule has 1 heterocycles. The molecule has 0 fully saturated rings. The van der Waals surface area contributed by atoms with Crippen LogP contribution in [0.3, 0.4) is 0 Å². The Kier molecular flexibility index (Phi) is 3.83. The summed E-state index contributed by atoms with van der Waals surface area (Å²) in [4.78, 5) is 11.7. The summed E-state index contributed by atoms with van der Waals surface area (Å²) in [6.07, 6.45) is 0. The number of anilines is 2. The second-order valence-corrected chi connectivity index (χ2v) is 3.73. The number of nitrogens with zero attached hydrogens (tertiary/aromatic N) is 2. The number of amides is 1. The van der Waals surface area contributed by atoms with Crippen LogP contribution in [0.1, 0.15) is 10.5 Å². The molecule has 0 atom stereocenters. The molecule has 0 saturated carbocycles. The molecule has 2 N–H and O–H groups in total. The van der Waals surface area contributed by atoms with Crippen LogP contribution < -0.4 is 10.6 Å². The van der Waals surface area contributed by atoms with Crippen molar-refractivity contribution >= 4 is 17.4 Å². The third kappa shape index (κ3) is 2.68. The lowest BCUT2D eigenvalue weighted by atomic mass is 10.2. The number of benzene rings is 1. The van der Waals surface area contributed by atoms with Crippen LogP contribution in [0.25, 0.3) is 0 Å². The highest BCUT2D eigenvalue weighted by Crippen LogP contribution is 2.20. The largest absolute Gasteiger partial charge is 0.372 e. The molecule has 1 amide bonds. The lowest BCUT2D eigenvalue weighted by Crippen LogP contribution is -2.16. The number of halogens is 3. The standard InChI is InChI=1S/C12H9F3N4O/c1-16-9-5-4-8(18-19-9)12(20)17-7-3-2-6(13)10(14)11(7)15/h2-5H,1H3,(H,16,19)(H,17,20). The van der Waals surface area contributed by atoms with E-state index in [1.807, 2.05) is 0 Å². The van der Waals surface area contributed by atoms with Crippen molar-refractivity contribution in [2.24, 2.45) is 0 Å². The summed E-state index contributed by atoms with van der Waals surface area (Å²) in [6.45, 7) is 0. The fourth-order valence-corrected chi connectivity index (χ4v) is 1.40. The van der Waals surface area contributed by atoms with E-state index < -0.39 is 29.0 Å². The summed E-state index contributed by atoms with van der Waals surface area (Å²) in [5, 5.41) is 12.1. The van der Waals surface area contributed by atoms with Crippen molar-refractivity contribution in [1.82, 2.24) is 10.2 Å². The summed E-state index contributed by atoms with van der Waals surface area (Å²) in [7, 11) is 1.63. The molecular formula is C12H9F3N4O. The highest BCUT2D eigenvalue weighted by molar-refractivity contribution is 6.02. The average Bonchev–Trinajstić information content (AvgIpc) is 2.48. The quantitative estimate of drug-likeness (QED) is 0.847. The first-order chi connectivity index (χ1) is 9.52. The molecule has 8 heteroatoms. The van der Waals surface area contributed by atoms with Crippen LogP contribution in [0.5, 0.6) is 0 Å². The van der Waals surface area contributed by atoms with E-state index in [1.54, 1.807) is 7.05 Å². The number of carbonyl (C=O) groups excluding carboxylic acids is 1. The van der Waals surface area contributed by atoms with Gasteiger partial charge in [0.15, 0.2) is 23.1 Å². The molecule has 2 rings (SSSR count). The Morgan fingerprint density at radius 2 is 1.80 bits per heavy atom. The van der Waals surface area contributed by atoms with Gasteiger partial charge >= 0.3 is 0 Å². The third-order valence-electron chi connectivity index (χ3n) is 2.44. The van der Waals surface area contributed by atoms with Crippen molar-refractivity contribution in [1.29, 1.82) is 0 Å². The highest BCUT2D eigenvalue weighted by Gasteiger charge is 2.16. The minimum absolute atomic E-state index is 0.0897. The maximum Gasteiger partial charge on any atom is 0.276 e. The summed E-state index contributed by atoms with van der Waals surface area (Å²) >= 11 is 0. The van der Waals surface area contributed by atoms with E-state index in [0.717, 1.165) is 6.07 Å². The molecule has 0 bridgehead atoms. The first-order valence-electron chi connectivity index (χ1n) is 5.49. The maximum atomic E-state index is 13.4. The third-order valence-corrected chi connectivity index (χ3v) is 2.44. The summed E-state index contributed by atoms with van der Waals surface area (Å²) in [5.74, 6) is -4.80. The Balaban J connectivity index is 2.21. The lowest BCUT2D eigenvalue weighted by Gasteiger charge is -2.06. The van der Waals surface area contributed by atoms with Gasteiger partial charge in [-0.3, -0.25) is 4.79 Å². The van der Waals surface area contributed by atoms with Crippen molar-refractivity contribution in [2.45, 2.75) is 0 Å². The van der Waals surface area contributed by atoms with Gasteiger partial charge in [0.25, 0.3) is 5.91 Å². The first kappa shape index (κ1) is 13.8. The zero-order chi connectivity index (χ0) is 14.7. The lowest BCUT2D eigenvalue weighted by molar-refractivity contribution is 0.102. The van der Waals surface area contributed by atoms with Gasteiger partial charge in [0.1, 0.15) is 5.82 Å². The van der Waals surface area contributed by atoms with Gasteiger partial charge < -0.3 is 10.6 Å². The summed E-state index contributed by atoms with van der Waals surface area (Å²) in [5.41, 5.74) is -0.568. The molecule has 0 aliphatic heterocycles. The van der Waals surface area contributed by atoms with E-state index in [-0.39, 0.29) is 5.69 Å². The molecule has 0 unspecified atom stereocenters. The van der Waals surface area contributed by atoms with E-state index in [1.165, 1.54) is 12.1 Å². The van der Waals surface area contributed by atoms with Gasteiger partial charge in [-0.2, -0.15) is 0 Å². The van der Waals surface area contributed by atoms with Crippen LogP contribution in [0, 0.1) is 17.5 Å². The minimum atomic E-state index is -1.65. The Morgan fingerprint density at radius 3 is 2.40 bits per heavy atom. The van der Waals surface area contributed by atoms with E-state index in [2.05, 4.69) is 20.8 Å². The van der Waals surface area contributed by atoms with Crippen molar-refractivity contribution in [2.75, 3.05) is 17.7 Å². The summed E-state index contributed by atoms with van der Waals surface area (Å²) < 4.78 is 39.1. The molecule has 0 spiro atoms. The Bertz CT molecular complexity index is 646. The van der Waals surface area contributed by atoms with Crippen molar-refractivity contribution in [3.63, 3.8) is 0 Å². The zero-order valence-corrected chi connectivity index (χ0v) is 10.2. The zero-order valence-electron chi connectivity index (χ0n) is 10.2. The van der Waals surface area contributed by atoms with Crippen LogP contribution in [0.15, 0.2) is 24.3 Å². The molecule has 0 aliphatic carbocycles. The number of hydrogen-bond donors (Lipinski definition) is 2. The number of hydrogen-bond acceptors (Lipinski definition) is 4. The van der Waals surface area contributed by atoms with Gasteiger partial charge in [0, 0.05) is 7.05 Å². The molecule has 1 aromatic heterocycles. The van der Waals surface area contributed by atoms with Crippen LogP contribution >= 0.6 is 0 Å². The average molecular weight is 282 g/mol. The molecule has 0 radical (unpaired) electrons. The molecular weight excluding hydrogens is 273 g/mol. The molecule has 104 valence electrons. The number of rotatable bonds is 3. The first-order valence-corrected chi connectivity index (χ1v) is 5.49. The smallest absolute Gasteiger partial charge is 0.276 e. The van der Waals surface area contributed by atoms with E-state index in [9.17, 15) is 18.0 Å². The van der Waals surface area contributed by atoms with Crippen molar-refractivity contribution < 1.29 is 18.0 Å². The number of carbonyl (C=O) groups is 1. The molecule has 20 heavy (non-hydrogen) atoms. The maximum absolute atomic E-state index is 13.4. The van der Waals surface area contributed by atoms with Crippen molar-refractivity contribution in [3.05, 3.63) is 47.4 Å². The summed E-state index contributed by atoms with van der Waals surface area (Å²) in [6, 6.07) is 4.47. The van der Waals surface area contributed by atoms with Crippen LogP contribution in [-0.2, 0) is 0 Å². The van der Waals surface area contributed by atoms with Crippen LogP contribution in [0.4, 0.5) is 24.7 Å². The van der Waals surface area contributed by atoms with Crippen LogP contribution in [0.2, 0.25) is 0 Å². The second kappa shape index (κ2) is 5.55. The fourth-order valence-electron chi connectivity index (χ4n) is 1.40. The van der Waals surface area contributed by atoms with Gasteiger partial charge in [-0.05, 0) is 24.3 Å². The topological polar surface area (TPSA) is 66.9 Å². The van der Waals surface area contributed by atoms with Gasteiger partial charge in [-0.15, -0.1) is 10.2 Å². The van der Waals surface area contributed by atoms with Crippen molar-refractivity contribution in [3.8, 4) is 0 Å². The fraction of sp³-hybridized carbons (Fsp3) is 0.0833. The minimum Gasteiger partial charge on any atom is -0.372 e. The SMILES string of the molecule is CNc1ccc(C(=O)Nc2ccc(F)c(F)c2F)nn1. The number of nitrogens with one attached hydrogen (secondary N) is 2. The molecule has 0 aliphatic rings. The predicted molar refractivity (Wildman–Crippen MR) is 65.8 cm³/mol. The highest BCUT2D eigenvalue weighted by atomic mass is 19.2. The second-order valence-electron chi connectivity index (χ2n) is 3.73. The van der Waals surface area contributed by atoms with E-state index >= 15 is 0 Å². The van der Waals surface area contributed by atoms with Gasteiger partial charge in [-0.1, -0.05) is 0 Å². The molecule has 0 saturated heterocycles. The molecule has 2 aromatic rings. The van der Waals surface area contributed by atoms with Gasteiger partial charge in [0.2, 0.25) is 0 Å². The Morgan fingerprint density at radius 1 is 1.05 bits per heavy atom. The predicted octanol–water partition coefficient (Wildman–Crippen LogP) is 2.19. The molecule has 1 aromatic carbocycles. The van der Waals surface area contributed by atoms with Gasteiger partial charge in [0.05, 0.1) is 5.69 Å². The normalized spacial score (nSPS) is 10.2. The van der Waals surface area contributed by atoms with Crippen LogP contribution in [-0.4, -0.2) is 23.2 Å². The van der Waals surface area contributed by atoms with E-state index in [0.29, 0.717) is 11.9 Å². The van der Waals surface area contributed by atoms with E-state index in [4.69, 9.17) is 0 Å².